The zero-order valence-electron chi connectivity index (χ0n) is 17.2. The molecule has 4 aliphatic rings. The standard InChI is InChI=1S/C22H25F2N5O2/c1-11(12-2-14(23)6-15(24)3-12)28-17-7-20(22(28)31)27(9-17)10-18(26)21(30)29-16(8-25)4-13-5-19(13)29/h2-3,6,11,13,16-20H,4-5,7,9-10,26H2,1H3/t11-,13?,16+,17?,18+,19+,20-/m1/s1. The van der Waals surface area contributed by atoms with E-state index in [-0.39, 0.29) is 36.5 Å². The molecule has 4 fully saturated rings. The Morgan fingerprint density at radius 3 is 2.61 bits per heavy atom. The first-order valence-corrected chi connectivity index (χ1v) is 10.8. The van der Waals surface area contributed by atoms with Crippen LogP contribution in [0.25, 0.3) is 0 Å². The van der Waals surface area contributed by atoms with Crippen LogP contribution in [0.1, 0.15) is 37.8 Å². The molecule has 9 heteroatoms. The molecule has 2 N–H and O–H groups in total. The van der Waals surface area contributed by atoms with Gasteiger partial charge in [0, 0.05) is 31.2 Å². The fraction of sp³-hybridized carbons (Fsp3) is 0.591. The quantitative estimate of drug-likeness (QED) is 0.758. The van der Waals surface area contributed by atoms with E-state index in [2.05, 4.69) is 6.07 Å². The average Bonchev–Trinajstić information content (AvgIpc) is 3.05. The number of amides is 2. The van der Waals surface area contributed by atoms with Gasteiger partial charge in [0.05, 0.1) is 24.2 Å². The van der Waals surface area contributed by atoms with Gasteiger partial charge in [-0.15, -0.1) is 0 Å². The van der Waals surface area contributed by atoms with Gasteiger partial charge in [-0.3, -0.25) is 14.5 Å². The van der Waals surface area contributed by atoms with Gasteiger partial charge in [-0.05, 0) is 49.8 Å². The predicted molar refractivity (Wildman–Crippen MR) is 106 cm³/mol. The number of halogens is 2. The van der Waals surface area contributed by atoms with Crippen LogP contribution in [0.3, 0.4) is 0 Å². The maximum atomic E-state index is 13.6. The number of carbonyl (C=O) groups excluding carboxylic acids is 2. The first-order valence-electron chi connectivity index (χ1n) is 10.8. The predicted octanol–water partition coefficient (Wildman–Crippen LogP) is 1.15. The number of benzene rings is 1. The van der Waals surface area contributed by atoms with Crippen LogP contribution in [-0.2, 0) is 9.59 Å². The van der Waals surface area contributed by atoms with Crippen LogP contribution in [0.5, 0.6) is 0 Å². The van der Waals surface area contributed by atoms with Gasteiger partial charge in [0.1, 0.15) is 17.7 Å². The van der Waals surface area contributed by atoms with Gasteiger partial charge in [0.25, 0.3) is 0 Å². The molecule has 3 saturated heterocycles. The Labute approximate surface area is 179 Å². The minimum absolute atomic E-state index is 0.0902. The number of carbonyl (C=O) groups is 2. The minimum Gasteiger partial charge on any atom is -0.330 e. The highest BCUT2D eigenvalue weighted by molar-refractivity contribution is 5.87. The summed E-state index contributed by atoms with van der Waals surface area (Å²) in [5.74, 6) is -1.23. The van der Waals surface area contributed by atoms with Crippen LogP contribution in [0.2, 0.25) is 0 Å². The zero-order chi connectivity index (χ0) is 22.0. The second-order valence-corrected chi connectivity index (χ2v) is 9.28. The number of rotatable bonds is 5. The third-order valence-electron chi connectivity index (χ3n) is 7.36. The van der Waals surface area contributed by atoms with E-state index in [4.69, 9.17) is 5.73 Å². The summed E-state index contributed by atoms with van der Waals surface area (Å²) >= 11 is 0. The molecule has 1 aromatic carbocycles. The molecular weight excluding hydrogens is 404 g/mol. The van der Waals surface area contributed by atoms with Crippen molar-refractivity contribution >= 4 is 11.8 Å². The molecule has 2 unspecified atom stereocenters. The van der Waals surface area contributed by atoms with Crippen molar-refractivity contribution in [2.24, 2.45) is 11.7 Å². The summed E-state index contributed by atoms with van der Waals surface area (Å²) in [5, 5.41) is 9.33. The summed E-state index contributed by atoms with van der Waals surface area (Å²) in [6.45, 7) is 2.59. The monoisotopic (exact) mass is 429 g/mol. The van der Waals surface area contributed by atoms with E-state index in [1.165, 1.54) is 12.1 Å². The van der Waals surface area contributed by atoms with Crippen molar-refractivity contribution in [3.8, 4) is 6.07 Å². The molecule has 2 bridgehead atoms. The Morgan fingerprint density at radius 1 is 1.26 bits per heavy atom. The molecule has 3 aliphatic heterocycles. The largest absolute Gasteiger partial charge is 0.330 e. The van der Waals surface area contributed by atoms with Gasteiger partial charge < -0.3 is 15.5 Å². The first-order chi connectivity index (χ1) is 14.8. The molecular formula is C22H25F2N5O2. The summed E-state index contributed by atoms with van der Waals surface area (Å²) in [6, 6.07) is 3.56. The first kappa shape index (κ1) is 20.3. The van der Waals surface area contributed by atoms with Crippen molar-refractivity contribution < 1.29 is 18.4 Å². The lowest BCUT2D eigenvalue weighted by molar-refractivity contribution is -0.141. The number of nitriles is 1. The minimum atomic E-state index is -0.787. The maximum Gasteiger partial charge on any atom is 0.242 e. The fourth-order valence-electron chi connectivity index (χ4n) is 5.79. The molecule has 5 rings (SSSR count). The molecule has 1 aliphatic carbocycles. The van der Waals surface area contributed by atoms with E-state index in [9.17, 15) is 23.6 Å². The van der Waals surface area contributed by atoms with Crippen LogP contribution in [0, 0.1) is 28.9 Å². The molecule has 3 heterocycles. The van der Waals surface area contributed by atoms with Crippen LogP contribution in [0.15, 0.2) is 18.2 Å². The van der Waals surface area contributed by atoms with E-state index in [0.29, 0.717) is 24.4 Å². The lowest BCUT2D eigenvalue weighted by atomic mass is 10.0. The zero-order valence-corrected chi connectivity index (χ0v) is 17.2. The smallest absolute Gasteiger partial charge is 0.242 e. The van der Waals surface area contributed by atoms with E-state index in [0.717, 1.165) is 18.9 Å². The van der Waals surface area contributed by atoms with Crippen LogP contribution < -0.4 is 5.73 Å². The van der Waals surface area contributed by atoms with Crippen molar-refractivity contribution in [1.82, 2.24) is 14.7 Å². The number of nitrogens with zero attached hydrogens (tertiary/aromatic N) is 4. The molecule has 0 aromatic heterocycles. The number of piperazine rings is 1. The lowest BCUT2D eigenvalue weighted by Crippen LogP contribution is -2.57. The third-order valence-corrected chi connectivity index (χ3v) is 7.36. The summed E-state index contributed by atoms with van der Waals surface area (Å²) in [4.78, 5) is 31.2. The Bertz CT molecular complexity index is 961. The molecule has 164 valence electrons. The van der Waals surface area contributed by atoms with Crippen molar-refractivity contribution in [2.75, 3.05) is 13.1 Å². The topological polar surface area (TPSA) is 93.7 Å². The lowest BCUT2D eigenvalue weighted by Gasteiger charge is -2.38. The van der Waals surface area contributed by atoms with Crippen LogP contribution >= 0.6 is 0 Å². The van der Waals surface area contributed by atoms with Gasteiger partial charge in [-0.2, -0.15) is 5.26 Å². The molecule has 0 spiro atoms. The van der Waals surface area contributed by atoms with Crippen molar-refractivity contribution in [3.63, 3.8) is 0 Å². The molecule has 31 heavy (non-hydrogen) atoms. The Balaban J connectivity index is 1.24. The summed E-state index contributed by atoms with van der Waals surface area (Å²) in [5.41, 5.74) is 6.64. The van der Waals surface area contributed by atoms with Crippen molar-refractivity contribution in [3.05, 3.63) is 35.4 Å². The van der Waals surface area contributed by atoms with E-state index < -0.39 is 29.8 Å². The highest BCUT2D eigenvalue weighted by Gasteiger charge is 2.56. The Kier molecular flexibility index (Phi) is 4.75. The second-order valence-electron chi connectivity index (χ2n) is 9.28. The molecule has 7 atom stereocenters. The third kappa shape index (κ3) is 3.29. The fourth-order valence-corrected chi connectivity index (χ4v) is 5.79. The van der Waals surface area contributed by atoms with Crippen LogP contribution in [0.4, 0.5) is 8.78 Å². The Hall–Kier alpha value is -2.57. The molecule has 0 radical (unpaired) electrons. The molecule has 7 nitrogen and oxygen atoms in total. The Morgan fingerprint density at radius 2 is 1.97 bits per heavy atom. The second kappa shape index (κ2) is 7.24. The highest BCUT2D eigenvalue weighted by atomic mass is 19.1. The number of hydrogen-bond donors (Lipinski definition) is 1. The van der Waals surface area contributed by atoms with E-state index in [1.807, 2.05) is 4.90 Å². The van der Waals surface area contributed by atoms with Crippen molar-refractivity contribution in [1.29, 1.82) is 5.26 Å². The number of nitrogens with two attached hydrogens (primary N) is 1. The number of hydrogen-bond acceptors (Lipinski definition) is 5. The van der Waals surface area contributed by atoms with Gasteiger partial charge in [0.2, 0.25) is 11.8 Å². The summed E-state index contributed by atoms with van der Waals surface area (Å²) in [6.07, 6.45) is 2.27. The molecule has 1 saturated carbocycles. The number of piperidine rings is 1. The van der Waals surface area contributed by atoms with Gasteiger partial charge in [0.15, 0.2) is 0 Å². The molecule has 2 amide bonds. The van der Waals surface area contributed by atoms with E-state index in [1.54, 1.807) is 16.7 Å². The summed E-state index contributed by atoms with van der Waals surface area (Å²) in [7, 11) is 0. The van der Waals surface area contributed by atoms with Gasteiger partial charge in [-0.1, -0.05) is 0 Å². The highest BCUT2D eigenvalue weighted by Crippen LogP contribution is 2.48. The van der Waals surface area contributed by atoms with Gasteiger partial charge in [-0.25, -0.2) is 8.78 Å². The normalized spacial score (nSPS) is 33.4. The SMILES string of the molecule is C[C@H](c1cc(F)cc(F)c1)N1C(=O)[C@H]2CC1CN2C[C@H](N)C(=O)N1[C@H](C#N)CC2C[C@@H]21. The molecule has 1 aromatic rings. The summed E-state index contributed by atoms with van der Waals surface area (Å²) < 4.78 is 27.3. The van der Waals surface area contributed by atoms with Gasteiger partial charge >= 0.3 is 0 Å². The number of likely N-dealkylation sites (tertiary alicyclic amines) is 3. The van der Waals surface area contributed by atoms with Crippen molar-refractivity contribution in [2.45, 2.75) is 62.4 Å². The van der Waals surface area contributed by atoms with Crippen LogP contribution in [-0.4, -0.2) is 69.8 Å². The number of fused-ring (bicyclic) bond motifs is 3. The maximum absolute atomic E-state index is 13.6. The average molecular weight is 429 g/mol. The van der Waals surface area contributed by atoms with E-state index >= 15 is 0 Å².